The number of hydrogen-bond acceptors (Lipinski definition) is 4. The van der Waals surface area contributed by atoms with Crippen LogP contribution in [0.15, 0.2) is 77.7 Å². The molecule has 0 radical (unpaired) electrons. The number of rotatable bonds is 4. The van der Waals surface area contributed by atoms with Crippen molar-refractivity contribution >= 4 is 11.0 Å². The van der Waals surface area contributed by atoms with Crippen molar-refractivity contribution in [1.29, 1.82) is 0 Å². The van der Waals surface area contributed by atoms with E-state index in [1.54, 1.807) is 6.33 Å². The van der Waals surface area contributed by atoms with Gasteiger partial charge in [-0.1, -0.05) is 48.5 Å². The number of furan rings is 1. The summed E-state index contributed by atoms with van der Waals surface area (Å²) in [6.45, 7) is 2.09. The largest absolute Gasteiger partial charge is 0.454 e. The Bertz CT molecular complexity index is 1220. The van der Waals surface area contributed by atoms with E-state index in [1.807, 2.05) is 54.3 Å². The van der Waals surface area contributed by atoms with Gasteiger partial charge >= 0.3 is 0 Å². The third-order valence-electron chi connectivity index (χ3n) is 5.04. The zero-order valence-electron chi connectivity index (χ0n) is 15.6. The SMILES string of the molecule is C[C@@H](c1nncn1C)n1cnc(-c2ccccc2)c1-c1cc2ccccc2o1. The van der Waals surface area contributed by atoms with Gasteiger partial charge in [-0.25, -0.2) is 4.98 Å². The summed E-state index contributed by atoms with van der Waals surface area (Å²) in [6, 6.07) is 20.2. The highest BCUT2D eigenvalue weighted by atomic mass is 16.3. The summed E-state index contributed by atoms with van der Waals surface area (Å²) in [5.74, 6) is 1.64. The molecule has 3 heterocycles. The van der Waals surface area contributed by atoms with Crippen molar-refractivity contribution in [3.63, 3.8) is 0 Å². The first-order valence-corrected chi connectivity index (χ1v) is 9.17. The van der Waals surface area contributed by atoms with Gasteiger partial charge in [0.1, 0.15) is 17.6 Å². The predicted molar refractivity (Wildman–Crippen MR) is 108 cm³/mol. The van der Waals surface area contributed by atoms with Crippen LogP contribution in [0.4, 0.5) is 0 Å². The van der Waals surface area contributed by atoms with Gasteiger partial charge in [-0.15, -0.1) is 10.2 Å². The van der Waals surface area contributed by atoms with Gasteiger partial charge in [0.2, 0.25) is 0 Å². The molecule has 5 aromatic rings. The van der Waals surface area contributed by atoms with E-state index < -0.39 is 0 Å². The summed E-state index contributed by atoms with van der Waals surface area (Å²) >= 11 is 0. The lowest BCUT2D eigenvalue weighted by Crippen LogP contribution is -2.12. The molecule has 6 heteroatoms. The van der Waals surface area contributed by atoms with Crippen LogP contribution in [0.3, 0.4) is 0 Å². The molecule has 0 aliphatic rings. The van der Waals surface area contributed by atoms with E-state index in [0.29, 0.717) is 0 Å². The van der Waals surface area contributed by atoms with Crippen LogP contribution >= 0.6 is 0 Å². The minimum atomic E-state index is -0.0549. The summed E-state index contributed by atoms with van der Waals surface area (Å²) in [4.78, 5) is 4.74. The summed E-state index contributed by atoms with van der Waals surface area (Å²) in [5, 5.41) is 9.38. The van der Waals surface area contributed by atoms with Gasteiger partial charge in [0.05, 0.1) is 18.1 Å². The van der Waals surface area contributed by atoms with Crippen molar-refractivity contribution in [1.82, 2.24) is 24.3 Å². The standard InChI is InChI=1S/C22H19N5O/c1-15(22-25-24-14-26(22)2)27-13-23-20(16-8-4-3-5-9-16)21(27)19-12-17-10-6-7-11-18(17)28-19/h3-15H,1-2H3/t15-/m0/s1. The summed E-state index contributed by atoms with van der Waals surface area (Å²) in [7, 11) is 1.95. The van der Waals surface area contributed by atoms with Crippen LogP contribution in [0, 0.1) is 0 Å². The number of benzene rings is 2. The molecule has 0 aliphatic carbocycles. The van der Waals surface area contributed by atoms with Crippen LogP contribution in [0.1, 0.15) is 18.8 Å². The van der Waals surface area contributed by atoms with Crippen molar-refractivity contribution < 1.29 is 4.42 Å². The van der Waals surface area contributed by atoms with Crippen molar-refractivity contribution in [2.24, 2.45) is 7.05 Å². The molecule has 28 heavy (non-hydrogen) atoms. The quantitative estimate of drug-likeness (QED) is 0.461. The number of aromatic nitrogens is 5. The van der Waals surface area contributed by atoms with E-state index >= 15 is 0 Å². The van der Waals surface area contributed by atoms with Gasteiger partial charge in [-0.05, 0) is 19.1 Å². The van der Waals surface area contributed by atoms with Gasteiger partial charge in [-0.2, -0.15) is 0 Å². The first-order chi connectivity index (χ1) is 13.7. The molecular weight excluding hydrogens is 350 g/mol. The van der Waals surface area contributed by atoms with Crippen molar-refractivity contribution in [2.75, 3.05) is 0 Å². The van der Waals surface area contributed by atoms with Crippen molar-refractivity contribution in [3.8, 4) is 22.7 Å². The number of nitrogens with zero attached hydrogens (tertiary/aromatic N) is 5. The number of imidazole rings is 1. The average molecular weight is 369 g/mol. The van der Waals surface area contributed by atoms with E-state index in [-0.39, 0.29) is 6.04 Å². The van der Waals surface area contributed by atoms with E-state index in [1.165, 1.54) is 0 Å². The second-order valence-electron chi connectivity index (χ2n) is 6.84. The molecule has 0 bridgehead atoms. The Morgan fingerprint density at radius 3 is 2.50 bits per heavy atom. The number of para-hydroxylation sites is 1. The molecule has 1 atom stereocenters. The summed E-state index contributed by atoms with van der Waals surface area (Å²) < 4.78 is 10.2. The third kappa shape index (κ3) is 2.62. The molecular formula is C22H19N5O. The highest BCUT2D eigenvalue weighted by Crippen LogP contribution is 2.37. The Labute approximate surface area is 162 Å². The maximum atomic E-state index is 6.21. The molecule has 0 N–H and O–H groups in total. The summed E-state index contributed by atoms with van der Waals surface area (Å²) in [5.41, 5.74) is 3.71. The Morgan fingerprint density at radius 2 is 1.75 bits per heavy atom. The van der Waals surface area contributed by atoms with Crippen LogP contribution in [0.25, 0.3) is 33.7 Å². The molecule has 0 unspecified atom stereocenters. The second kappa shape index (κ2) is 6.49. The monoisotopic (exact) mass is 369 g/mol. The van der Waals surface area contributed by atoms with Gasteiger partial charge in [0.25, 0.3) is 0 Å². The smallest absolute Gasteiger partial charge is 0.155 e. The molecule has 5 rings (SSSR count). The molecule has 0 spiro atoms. The molecule has 2 aromatic carbocycles. The van der Waals surface area contributed by atoms with Gasteiger partial charge < -0.3 is 13.6 Å². The van der Waals surface area contributed by atoms with E-state index in [2.05, 4.69) is 46.0 Å². The Morgan fingerprint density at radius 1 is 0.964 bits per heavy atom. The van der Waals surface area contributed by atoms with Gasteiger partial charge in [0, 0.05) is 18.0 Å². The molecule has 0 aliphatic heterocycles. The zero-order valence-corrected chi connectivity index (χ0v) is 15.6. The van der Waals surface area contributed by atoms with E-state index in [0.717, 1.165) is 39.5 Å². The fourth-order valence-electron chi connectivity index (χ4n) is 3.60. The van der Waals surface area contributed by atoms with E-state index in [9.17, 15) is 0 Å². The Balaban J connectivity index is 1.74. The molecule has 0 fully saturated rings. The summed E-state index contributed by atoms with van der Waals surface area (Å²) in [6.07, 6.45) is 3.56. The first kappa shape index (κ1) is 16.5. The fraction of sp³-hybridized carbons (Fsp3) is 0.136. The lowest BCUT2D eigenvalue weighted by atomic mass is 10.1. The minimum Gasteiger partial charge on any atom is -0.454 e. The number of hydrogen-bond donors (Lipinski definition) is 0. The Kier molecular flexibility index (Phi) is 3.83. The van der Waals surface area contributed by atoms with Crippen molar-refractivity contribution in [2.45, 2.75) is 13.0 Å². The molecule has 0 amide bonds. The lowest BCUT2D eigenvalue weighted by Gasteiger charge is -2.15. The maximum Gasteiger partial charge on any atom is 0.155 e. The number of aryl methyl sites for hydroxylation is 1. The minimum absolute atomic E-state index is 0.0549. The normalized spacial score (nSPS) is 12.5. The fourth-order valence-corrected chi connectivity index (χ4v) is 3.60. The maximum absolute atomic E-state index is 6.21. The van der Waals surface area contributed by atoms with Crippen LogP contribution in [-0.2, 0) is 7.05 Å². The van der Waals surface area contributed by atoms with Gasteiger partial charge in [0.15, 0.2) is 11.6 Å². The molecule has 6 nitrogen and oxygen atoms in total. The highest BCUT2D eigenvalue weighted by molar-refractivity contribution is 5.85. The average Bonchev–Trinajstić information content (AvgIpc) is 3.45. The molecule has 0 saturated heterocycles. The predicted octanol–water partition coefficient (Wildman–Crippen LogP) is 4.70. The number of fused-ring (bicyclic) bond motifs is 1. The van der Waals surface area contributed by atoms with E-state index in [4.69, 9.17) is 9.40 Å². The van der Waals surface area contributed by atoms with Crippen LogP contribution in [0.5, 0.6) is 0 Å². The highest BCUT2D eigenvalue weighted by Gasteiger charge is 2.24. The van der Waals surface area contributed by atoms with Crippen LogP contribution in [0.2, 0.25) is 0 Å². The topological polar surface area (TPSA) is 61.7 Å². The Hall–Kier alpha value is -3.67. The van der Waals surface area contributed by atoms with Crippen LogP contribution in [-0.4, -0.2) is 24.3 Å². The molecule has 138 valence electrons. The zero-order chi connectivity index (χ0) is 19.1. The second-order valence-corrected chi connectivity index (χ2v) is 6.84. The van der Waals surface area contributed by atoms with Crippen molar-refractivity contribution in [3.05, 3.63) is 79.1 Å². The molecule has 3 aromatic heterocycles. The first-order valence-electron chi connectivity index (χ1n) is 9.17. The lowest BCUT2D eigenvalue weighted by molar-refractivity contribution is 0.562. The van der Waals surface area contributed by atoms with Crippen LogP contribution < -0.4 is 0 Å². The molecule has 0 saturated carbocycles. The van der Waals surface area contributed by atoms with Gasteiger partial charge in [-0.3, -0.25) is 0 Å². The third-order valence-corrected chi connectivity index (χ3v) is 5.04.